The van der Waals surface area contributed by atoms with Gasteiger partial charge in [-0.3, -0.25) is 0 Å². The van der Waals surface area contributed by atoms with E-state index < -0.39 is 5.63 Å². The van der Waals surface area contributed by atoms with E-state index in [9.17, 15) is 4.79 Å². The molecule has 0 saturated heterocycles. The third-order valence-electron chi connectivity index (χ3n) is 8.51. The fourth-order valence-electron chi connectivity index (χ4n) is 6.21. The first kappa shape index (κ1) is 26.9. The highest BCUT2D eigenvalue weighted by Crippen LogP contribution is 2.39. The second-order valence-electron chi connectivity index (χ2n) is 11.2. The molecular formula is C33H45FO2. The number of fused-ring (bicyclic) bond motifs is 3. The lowest BCUT2D eigenvalue weighted by atomic mass is 9.77. The summed E-state index contributed by atoms with van der Waals surface area (Å²) in [5.74, 6) is 1.01. The summed E-state index contributed by atoms with van der Waals surface area (Å²) in [5, 5.41) is 2.10. The second-order valence-corrected chi connectivity index (χ2v) is 11.2. The molecule has 4 rings (SSSR count). The van der Waals surface area contributed by atoms with Crippen molar-refractivity contribution in [3.05, 3.63) is 57.7 Å². The van der Waals surface area contributed by atoms with Crippen LogP contribution in [-0.2, 0) is 6.42 Å². The van der Waals surface area contributed by atoms with Gasteiger partial charge in [0.25, 0.3) is 0 Å². The molecule has 196 valence electrons. The first-order valence-corrected chi connectivity index (χ1v) is 14.8. The molecule has 3 aromatic rings. The zero-order valence-corrected chi connectivity index (χ0v) is 22.5. The SMILES string of the molecule is CCCCCCCCc1ccc2c(oc(=O)c3cc(C4CCC(CCCCCC)CC4)ccc32)c1F. The first-order chi connectivity index (χ1) is 17.6. The van der Waals surface area contributed by atoms with Gasteiger partial charge in [0.1, 0.15) is 0 Å². The third-order valence-corrected chi connectivity index (χ3v) is 8.51. The first-order valence-electron chi connectivity index (χ1n) is 14.8. The van der Waals surface area contributed by atoms with Crippen molar-refractivity contribution in [2.24, 2.45) is 5.92 Å². The van der Waals surface area contributed by atoms with Crippen molar-refractivity contribution in [1.29, 1.82) is 0 Å². The van der Waals surface area contributed by atoms with Gasteiger partial charge in [-0.1, -0.05) is 102 Å². The summed E-state index contributed by atoms with van der Waals surface area (Å²) in [4.78, 5) is 12.9. The van der Waals surface area contributed by atoms with Crippen LogP contribution in [-0.4, -0.2) is 0 Å². The number of hydrogen-bond acceptors (Lipinski definition) is 2. The molecule has 0 aliphatic heterocycles. The highest BCUT2D eigenvalue weighted by molar-refractivity contribution is 6.04. The molecule has 1 heterocycles. The molecule has 3 heteroatoms. The van der Waals surface area contributed by atoms with Crippen LogP contribution >= 0.6 is 0 Å². The minimum Gasteiger partial charge on any atom is -0.419 e. The number of halogens is 1. The van der Waals surface area contributed by atoms with Gasteiger partial charge in [0.15, 0.2) is 11.4 Å². The van der Waals surface area contributed by atoms with Crippen molar-refractivity contribution in [2.45, 2.75) is 122 Å². The van der Waals surface area contributed by atoms with E-state index in [0.29, 0.717) is 28.7 Å². The Bertz CT molecular complexity index is 1170. The molecule has 1 aliphatic carbocycles. The third kappa shape index (κ3) is 6.58. The highest BCUT2D eigenvalue weighted by Gasteiger charge is 2.23. The Morgan fingerprint density at radius 3 is 2.19 bits per heavy atom. The van der Waals surface area contributed by atoms with Crippen molar-refractivity contribution in [3.8, 4) is 0 Å². The molecule has 1 saturated carbocycles. The van der Waals surface area contributed by atoms with Crippen LogP contribution in [0.25, 0.3) is 21.7 Å². The van der Waals surface area contributed by atoms with Crippen LogP contribution in [0.4, 0.5) is 4.39 Å². The van der Waals surface area contributed by atoms with Gasteiger partial charge < -0.3 is 4.42 Å². The molecule has 1 aliphatic rings. The van der Waals surface area contributed by atoms with Crippen LogP contribution in [0.1, 0.15) is 127 Å². The topological polar surface area (TPSA) is 30.2 Å². The van der Waals surface area contributed by atoms with Gasteiger partial charge in [0.05, 0.1) is 5.39 Å². The molecule has 0 unspecified atom stereocenters. The van der Waals surface area contributed by atoms with Crippen LogP contribution in [0, 0.1) is 11.7 Å². The number of benzene rings is 2. The van der Waals surface area contributed by atoms with Crippen LogP contribution in [0.15, 0.2) is 39.5 Å². The number of aryl methyl sites for hydroxylation is 1. The van der Waals surface area contributed by atoms with Gasteiger partial charge in [-0.15, -0.1) is 0 Å². The Morgan fingerprint density at radius 2 is 1.44 bits per heavy atom. The van der Waals surface area contributed by atoms with Crippen LogP contribution < -0.4 is 5.63 Å². The maximum absolute atomic E-state index is 15.3. The van der Waals surface area contributed by atoms with E-state index >= 15 is 4.39 Å². The van der Waals surface area contributed by atoms with Crippen molar-refractivity contribution >= 4 is 21.7 Å². The van der Waals surface area contributed by atoms with Gasteiger partial charge >= 0.3 is 5.63 Å². The minimum atomic E-state index is -0.417. The van der Waals surface area contributed by atoms with Crippen molar-refractivity contribution in [3.63, 3.8) is 0 Å². The molecular weight excluding hydrogens is 447 g/mol. The fourth-order valence-corrected chi connectivity index (χ4v) is 6.21. The van der Waals surface area contributed by atoms with E-state index in [2.05, 4.69) is 19.9 Å². The summed E-state index contributed by atoms with van der Waals surface area (Å²) in [6.07, 6.45) is 19.4. The molecule has 0 bridgehead atoms. The molecule has 36 heavy (non-hydrogen) atoms. The average molecular weight is 493 g/mol. The quantitative estimate of drug-likeness (QED) is 0.135. The van der Waals surface area contributed by atoms with E-state index in [1.807, 2.05) is 24.3 Å². The van der Waals surface area contributed by atoms with E-state index in [0.717, 1.165) is 24.1 Å². The van der Waals surface area contributed by atoms with Gasteiger partial charge in [0, 0.05) is 10.8 Å². The smallest absolute Gasteiger partial charge is 0.344 e. The Balaban J connectivity index is 1.45. The van der Waals surface area contributed by atoms with E-state index in [4.69, 9.17) is 4.42 Å². The van der Waals surface area contributed by atoms with Crippen molar-refractivity contribution in [2.75, 3.05) is 0 Å². The fraction of sp³-hybridized carbons (Fsp3) is 0.606. The predicted octanol–water partition coefficient (Wildman–Crippen LogP) is 10.2. The maximum Gasteiger partial charge on any atom is 0.344 e. The van der Waals surface area contributed by atoms with Gasteiger partial charge in [0.2, 0.25) is 0 Å². The molecule has 0 radical (unpaired) electrons. The van der Waals surface area contributed by atoms with Gasteiger partial charge in [-0.05, 0) is 67.6 Å². The summed E-state index contributed by atoms with van der Waals surface area (Å²) in [5.41, 5.74) is 1.59. The lowest BCUT2D eigenvalue weighted by Gasteiger charge is -2.29. The van der Waals surface area contributed by atoms with Gasteiger partial charge in [-0.2, -0.15) is 0 Å². The summed E-state index contributed by atoms with van der Waals surface area (Å²) in [6.45, 7) is 4.48. The van der Waals surface area contributed by atoms with E-state index in [1.165, 1.54) is 89.0 Å². The highest BCUT2D eigenvalue weighted by atomic mass is 19.1. The van der Waals surface area contributed by atoms with Crippen LogP contribution in [0.2, 0.25) is 0 Å². The zero-order chi connectivity index (χ0) is 25.3. The van der Waals surface area contributed by atoms with Gasteiger partial charge in [-0.25, -0.2) is 9.18 Å². The number of hydrogen-bond donors (Lipinski definition) is 0. The number of unbranched alkanes of at least 4 members (excludes halogenated alkanes) is 8. The monoisotopic (exact) mass is 492 g/mol. The van der Waals surface area contributed by atoms with Crippen molar-refractivity contribution in [1.82, 2.24) is 0 Å². The van der Waals surface area contributed by atoms with E-state index in [1.54, 1.807) is 0 Å². The van der Waals surface area contributed by atoms with Crippen LogP contribution in [0.5, 0.6) is 0 Å². The second kappa shape index (κ2) is 13.4. The number of rotatable bonds is 13. The van der Waals surface area contributed by atoms with Crippen LogP contribution in [0.3, 0.4) is 0 Å². The molecule has 2 nitrogen and oxygen atoms in total. The largest absolute Gasteiger partial charge is 0.419 e. The molecule has 1 fully saturated rings. The zero-order valence-electron chi connectivity index (χ0n) is 22.5. The molecule has 0 spiro atoms. The average Bonchev–Trinajstić information content (AvgIpc) is 2.90. The lowest BCUT2D eigenvalue weighted by Crippen LogP contribution is -2.14. The molecule has 2 aromatic carbocycles. The summed E-state index contributed by atoms with van der Waals surface area (Å²) in [6, 6.07) is 10.0. The molecule has 0 atom stereocenters. The molecule has 0 amide bonds. The standard InChI is InChI=1S/C33H45FO2/c1-3-5-7-9-10-12-14-26-19-22-29-28-21-20-27(23-30(28)33(35)36-32(29)31(26)34)25-17-15-24(16-18-25)13-11-8-6-4-2/h19-25H,3-18H2,1-2H3. The maximum atomic E-state index is 15.3. The molecule has 0 N–H and O–H groups in total. The van der Waals surface area contributed by atoms with Crippen molar-refractivity contribution < 1.29 is 8.81 Å². The Labute approximate surface area is 216 Å². The predicted molar refractivity (Wildman–Crippen MR) is 150 cm³/mol. The normalized spacial score (nSPS) is 18.3. The summed E-state index contributed by atoms with van der Waals surface area (Å²) < 4.78 is 20.9. The van der Waals surface area contributed by atoms with E-state index in [-0.39, 0.29) is 11.4 Å². The Hall–Kier alpha value is -2.16. The Morgan fingerprint density at radius 1 is 0.778 bits per heavy atom. The summed E-state index contributed by atoms with van der Waals surface area (Å²) >= 11 is 0. The minimum absolute atomic E-state index is 0.118. The summed E-state index contributed by atoms with van der Waals surface area (Å²) in [7, 11) is 0. The molecule has 1 aromatic heterocycles. The lowest BCUT2D eigenvalue weighted by molar-refractivity contribution is 0.302. The Kier molecular flexibility index (Phi) is 10.0.